The van der Waals surface area contributed by atoms with E-state index < -0.39 is 0 Å². The fourth-order valence-corrected chi connectivity index (χ4v) is 2.50. The van der Waals surface area contributed by atoms with Gasteiger partial charge in [-0.25, -0.2) is 9.97 Å². The van der Waals surface area contributed by atoms with Crippen molar-refractivity contribution in [1.82, 2.24) is 19.7 Å². The summed E-state index contributed by atoms with van der Waals surface area (Å²) in [6, 6.07) is 7.12. The third-order valence-electron chi connectivity index (χ3n) is 3.70. The predicted molar refractivity (Wildman–Crippen MR) is 100 cm³/mol. The Hall–Kier alpha value is -3.21. The summed E-state index contributed by atoms with van der Waals surface area (Å²) in [7, 11) is 0. The largest absolute Gasteiger partial charge is 0.384 e. The molecule has 0 fully saturated rings. The van der Waals surface area contributed by atoms with Gasteiger partial charge in [0, 0.05) is 35.7 Å². The molecule has 0 aliphatic rings. The summed E-state index contributed by atoms with van der Waals surface area (Å²) in [5.41, 5.74) is 1.22. The first-order valence-corrected chi connectivity index (χ1v) is 8.42. The quantitative estimate of drug-likeness (QED) is 0.655. The first-order chi connectivity index (χ1) is 13.1. The fourth-order valence-electron chi connectivity index (χ4n) is 2.38. The summed E-state index contributed by atoms with van der Waals surface area (Å²) >= 11 is 5.83. The highest BCUT2D eigenvalue weighted by atomic mass is 35.5. The molecule has 27 heavy (non-hydrogen) atoms. The van der Waals surface area contributed by atoms with Crippen LogP contribution in [0.4, 0.5) is 0 Å². The Bertz CT molecular complexity index is 1100. The Morgan fingerprint density at radius 1 is 1.22 bits per heavy atom. The number of carbonyl (C=O) groups is 1. The third kappa shape index (κ3) is 4.70. The van der Waals surface area contributed by atoms with E-state index in [-0.39, 0.29) is 35.8 Å². The SMILES string of the molecule is O=C(Cc1cnc2ncc(C#CCO)cn2c1=O)NCc1ccc(Cl)cc1. The number of aliphatic hydroxyl groups is 1. The van der Waals surface area contributed by atoms with Crippen LogP contribution in [0.25, 0.3) is 5.78 Å². The van der Waals surface area contributed by atoms with Crippen molar-refractivity contribution in [3.63, 3.8) is 0 Å². The van der Waals surface area contributed by atoms with Crippen molar-refractivity contribution < 1.29 is 9.90 Å². The number of rotatable bonds is 4. The molecule has 0 radical (unpaired) electrons. The maximum absolute atomic E-state index is 12.6. The minimum absolute atomic E-state index is 0.102. The van der Waals surface area contributed by atoms with Crippen LogP contribution in [0.5, 0.6) is 0 Å². The molecule has 2 N–H and O–H groups in total. The molecule has 0 aliphatic heterocycles. The smallest absolute Gasteiger partial charge is 0.262 e. The third-order valence-corrected chi connectivity index (χ3v) is 3.95. The Morgan fingerprint density at radius 2 is 1.96 bits per heavy atom. The standard InChI is InChI=1S/C19H15ClN4O3/c20-16-5-3-13(4-6-16)9-21-17(26)8-15-11-23-19-22-10-14(2-1-7-25)12-24(19)18(15)27/h3-6,10-12,25H,7-9H2,(H,21,26). The van der Waals surface area contributed by atoms with E-state index in [2.05, 4.69) is 27.1 Å². The van der Waals surface area contributed by atoms with E-state index in [0.29, 0.717) is 17.1 Å². The second-order valence-corrected chi connectivity index (χ2v) is 6.08. The summed E-state index contributed by atoms with van der Waals surface area (Å²) in [4.78, 5) is 32.9. The number of fused-ring (bicyclic) bond motifs is 1. The van der Waals surface area contributed by atoms with Crippen molar-refractivity contribution in [3.8, 4) is 11.8 Å². The molecule has 1 amide bonds. The molecule has 0 bridgehead atoms. The summed E-state index contributed by atoms with van der Waals surface area (Å²) in [6.45, 7) is 0.0415. The highest BCUT2D eigenvalue weighted by Crippen LogP contribution is 2.09. The maximum atomic E-state index is 12.6. The van der Waals surface area contributed by atoms with Gasteiger partial charge in [0.25, 0.3) is 5.56 Å². The molecule has 0 atom stereocenters. The van der Waals surface area contributed by atoms with Crippen molar-refractivity contribution in [2.75, 3.05) is 6.61 Å². The average molecular weight is 383 g/mol. The van der Waals surface area contributed by atoms with E-state index in [1.807, 2.05) is 12.1 Å². The number of carbonyl (C=O) groups excluding carboxylic acids is 1. The molecule has 0 aliphatic carbocycles. The van der Waals surface area contributed by atoms with Crippen LogP contribution >= 0.6 is 11.6 Å². The fraction of sp³-hybridized carbons (Fsp3) is 0.158. The topological polar surface area (TPSA) is 96.6 Å². The average Bonchev–Trinajstić information content (AvgIpc) is 2.68. The van der Waals surface area contributed by atoms with Crippen LogP contribution in [-0.4, -0.2) is 32.0 Å². The van der Waals surface area contributed by atoms with Gasteiger partial charge in [0.2, 0.25) is 11.7 Å². The number of aliphatic hydroxyl groups excluding tert-OH is 1. The van der Waals surface area contributed by atoms with E-state index in [9.17, 15) is 9.59 Å². The maximum Gasteiger partial charge on any atom is 0.262 e. The predicted octanol–water partition coefficient (Wildman–Crippen LogP) is 0.946. The highest BCUT2D eigenvalue weighted by molar-refractivity contribution is 6.30. The van der Waals surface area contributed by atoms with Crippen LogP contribution in [0, 0.1) is 11.8 Å². The van der Waals surface area contributed by atoms with Gasteiger partial charge < -0.3 is 10.4 Å². The van der Waals surface area contributed by atoms with Crippen LogP contribution in [-0.2, 0) is 17.8 Å². The lowest BCUT2D eigenvalue weighted by Crippen LogP contribution is -2.29. The van der Waals surface area contributed by atoms with Gasteiger partial charge >= 0.3 is 0 Å². The lowest BCUT2D eigenvalue weighted by atomic mass is 10.2. The highest BCUT2D eigenvalue weighted by Gasteiger charge is 2.11. The van der Waals surface area contributed by atoms with Gasteiger partial charge in [-0.1, -0.05) is 35.6 Å². The summed E-state index contributed by atoms with van der Waals surface area (Å²) in [5.74, 6) is 5.08. The second kappa shape index (κ2) is 8.45. The Kier molecular flexibility index (Phi) is 5.81. The Morgan fingerprint density at radius 3 is 2.70 bits per heavy atom. The van der Waals surface area contributed by atoms with Crippen molar-refractivity contribution >= 4 is 23.3 Å². The minimum Gasteiger partial charge on any atom is -0.384 e. The molecule has 2 heterocycles. The lowest BCUT2D eigenvalue weighted by molar-refractivity contribution is -0.120. The first kappa shape index (κ1) is 18.6. The molecule has 3 rings (SSSR count). The molecule has 0 saturated carbocycles. The van der Waals surface area contributed by atoms with E-state index in [0.717, 1.165) is 5.56 Å². The number of amides is 1. The monoisotopic (exact) mass is 382 g/mol. The van der Waals surface area contributed by atoms with Crippen molar-refractivity contribution in [1.29, 1.82) is 0 Å². The zero-order chi connectivity index (χ0) is 19.2. The normalized spacial score (nSPS) is 10.3. The number of aromatic nitrogens is 3. The zero-order valence-electron chi connectivity index (χ0n) is 14.1. The van der Waals surface area contributed by atoms with Gasteiger partial charge in [0.05, 0.1) is 12.0 Å². The van der Waals surface area contributed by atoms with Gasteiger partial charge in [-0.05, 0) is 17.7 Å². The zero-order valence-corrected chi connectivity index (χ0v) is 14.9. The summed E-state index contributed by atoms with van der Waals surface area (Å²) in [6.07, 6.45) is 4.19. The minimum atomic E-state index is -0.387. The van der Waals surface area contributed by atoms with Crippen molar-refractivity contribution in [2.24, 2.45) is 0 Å². The van der Waals surface area contributed by atoms with Crippen LogP contribution in [0.2, 0.25) is 5.02 Å². The molecule has 2 aromatic heterocycles. The van der Waals surface area contributed by atoms with Crippen LogP contribution in [0.15, 0.2) is 47.7 Å². The molecular formula is C19H15ClN4O3. The molecule has 0 saturated heterocycles. The van der Waals surface area contributed by atoms with E-state index >= 15 is 0 Å². The summed E-state index contributed by atoms with van der Waals surface area (Å²) in [5, 5.41) is 12.1. The van der Waals surface area contributed by atoms with Gasteiger partial charge in [-0.3, -0.25) is 14.0 Å². The molecule has 136 valence electrons. The number of nitrogens with one attached hydrogen (secondary N) is 1. The van der Waals surface area contributed by atoms with Gasteiger partial charge in [-0.15, -0.1) is 0 Å². The molecule has 0 spiro atoms. The summed E-state index contributed by atoms with van der Waals surface area (Å²) < 4.78 is 1.24. The second-order valence-electron chi connectivity index (χ2n) is 5.64. The van der Waals surface area contributed by atoms with E-state index in [1.54, 1.807) is 12.1 Å². The van der Waals surface area contributed by atoms with Gasteiger partial charge in [-0.2, -0.15) is 0 Å². The molecular weight excluding hydrogens is 368 g/mol. The molecule has 8 heteroatoms. The first-order valence-electron chi connectivity index (χ1n) is 8.04. The van der Waals surface area contributed by atoms with Crippen molar-refractivity contribution in [2.45, 2.75) is 13.0 Å². The molecule has 0 unspecified atom stereocenters. The van der Waals surface area contributed by atoms with Gasteiger partial charge in [0.1, 0.15) is 6.61 Å². The van der Waals surface area contributed by atoms with Gasteiger partial charge in [0.15, 0.2) is 0 Å². The van der Waals surface area contributed by atoms with Crippen molar-refractivity contribution in [3.05, 3.63) is 74.9 Å². The molecule has 7 nitrogen and oxygen atoms in total. The number of hydrogen-bond donors (Lipinski definition) is 2. The van der Waals surface area contributed by atoms with Crippen LogP contribution < -0.4 is 10.9 Å². The number of nitrogens with zero attached hydrogens (tertiary/aromatic N) is 3. The Labute approximate surface area is 159 Å². The number of benzene rings is 1. The number of hydrogen-bond acceptors (Lipinski definition) is 5. The molecule has 1 aromatic carbocycles. The lowest BCUT2D eigenvalue weighted by Gasteiger charge is -2.06. The van der Waals surface area contributed by atoms with Crippen LogP contribution in [0.3, 0.4) is 0 Å². The van der Waals surface area contributed by atoms with Crippen LogP contribution in [0.1, 0.15) is 16.7 Å². The van der Waals surface area contributed by atoms with E-state index in [4.69, 9.17) is 16.7 Å². The Balaban J connectivity index is 1.75. The number of halogens is 1. The molecule has 3 aromatic rings. The van der Waals surface area contributed by atoms with E-state index in [1.165, 1.54) is 23.0 Å².